The van der Waals surface area contributed by atoms with E-state index in [1.807, 2.05) is 30.3 Å². The number of halogens is 1. The Balaban J connectivity index is 1.90. The first-order valence-corrected chi connectivity index (χ1v) is 8.03. The van der Waals surface area contributed by atoms with Gasteiger partial charge in [0.1, 0.15) is 5.75 Å². The molecule has 4 heteroatoms. The van der Waals surface area contributed by atoms with Crippen molar-refractivity contribution in [1.29, 1.82) is 0 Å². The summed E-state index contributed by atoms with van der Waals surface area (Å²) in [4.78, 5) is 12.1. The van der Waals surface area contributed by atoms with Gasteiger partial charge in [-0.3, -0.25) is 4.79 Å². The van der Waals surface area contributed by atoms with Crippen molar-refractivity contribution in [3.63, 3.8) is 0 Å². The Labute approximate surface area is 141 Å². The zero-order chi connectivity index (χ0) is 16.5. The number of rotatable bonds is 8. The van der Waals surface area contributed by atoms with Gasteiger partial charge in [0.2, 0.25) is 0 Å². The van der Waals surface area contributed by atoms with E-state index in [9.17, 15) is 4.79 Å². The second kappa shape index (κ2) is 9.01. The Morgan fingerprint density at radius 1 is 1.17 bits per heavy atom. The molecule has 1 N–H and O–H groups in total. The van der Waals surface area contributed by atoms with E-state index in [4.69, 9.17) is 16.3 Å². The van der Waals surface area contributed by atoms with Crippen LogP contribution in [0.25, 0.3) is 0 Å². The molecule has 0 fully saturated rings. The van der Waals surface area contributed by atoms with Crippen molar-refractivity contribution < 1.29 is 9.53 Å². The molecule has 2 aromatic rings. The molecule has 0 unspecified atom stereocenters. The predicted octanol–water partition coefficient (Wildman–Crippen LogP) is 5.33. The van der Waals surface area contributed by atoms with Crippen molar-refractivity contribution >= 4 is 23.1 Å². The highest BCUT2D eigenvalue weighted by atomic mass is 35.5. The van der Waals surface area contributed by atoms with Gasteiger partial charge in [-0.25, -0.2) is 0 Å². The summed E-state index contributed by atoms with van der Waals surface area (Å²) in [6.45, 7) is 2.82. The lowest BCUT2D eigenvalue weighted by atomic mass is 10.1. The third kappa shape index (κ3) is 5.46. The molecular weight excluding hydrogens is 310 g/mol. The van der Waals surface area contributed by atoms with Gasteiger partial charge < -0.3 is 10.1 Å². The minimum Gasteiger partial charge on any atom is -0.494 e. The topological polar surface area (TPSA) is 38.3 Å². The molecule has 0 amide bonds. The largest absolute Gasteiger partial charge is 0.494 e. The first-order chi connectivity index (χ1) is 11.2. The molecule has 0 spiro atoms. The zero-order valence-electron chi connectivity index (χ0n) is 13.1. The summed E-state index contributed by atoms with van der Waals surface area (Å²) in [6, 6.07) is 14.5. The smallest absolute Gasteiger partial charge is 0.187 e. The molecular formula is C19H20ClNO2. The number of allylic oxidation sites excluding steroid dienone is 1. The van der Waals surface area contributed by atoms with E-state index in [-0.39, 0.29) is 5.78 Å². The summed E-state index contributed by atoms with van der Waals surface area (Å²) < 4.78 is 5.58. The molecule has 120 valence electrons. The van der Waals surface area contributed by atoms with Crippen LogP contribution in [0.2, 0.25) is 5.02 Å². The molecule has 2 rings (SSSR count). The van der Waals surface area contributed by atoms with E-state index in [2.05, 4.69) is 12.2 Å². The first-order valence-electron chi connectivity index (χ1n) is 7.65. The number of para-hydroxylation sites is 1. The first kappa shape index (κ1) is 17.1. The summed E-state index contributed by atoms with van der Waals surface area (Å²) >= 11 is 6.03. The van der Waals surface area contributed by atoms with E-state index in [1.165, 1.54) is 6.08 Å². The highest BCUT2D eigenvalue weighted by Crippen LogP contribution is 2.20. The Hall–Kier alpha value is -2.26. The van der Waals surface area contributed by atoms with Crippen LogP contribution in [0.3, 0.4) is 0 Å². The average molecular weight is 330 g/mol. The van der Waals surface area contributed by atoms with E-state index in [1.54, 1.807) is 24.4 Å². The Morgan fingerprint density at radius 3 is 2.61 bits per heavy atom. The van der Waals surface area contributed by atoms with Gasteiger partial charge in [0.15, 0.2) is 5.78 Å². The second-order valence-electron chi connectivity index (χ2n) is 5.05. The predicted molar refractivity (Wildman–Crippen MR) is 95.4 cm³/mol. The maximum atomic E-state index is 12.1. The lowest BCUT2D eigenvalue weighted by molar-refractivity contribution is 0.104. The van der Waals surface area contributed by atoms with Crippen LogP contribution in [-0.2, 0) is 0 Å². The van der Waals surface area contributed by atoms with Crippen LogP contribution in [0.1, 0.15) is 30.1 Å². The minimum absolute atomic E-state index is 0.0790. The van der Waals surface area contributed by atoms with Crippen LogP contribution in [0.5, 0.6) is 5.75 Å². The number of unbranched alkanes of at least 4 members (excludes halogenated alkanes) is 1. The monoisotopic (exact) mass is 329 g/mol. The number of hydrogen-bond acceptors (Lipinski definition) is 3. The number of benzene rings is 2. The summed E-state index contributed by atoms with van der Waals surface area (Å²) in [5, 5.41) is 3.61. The van der Waals surface area contributed by atoms with Gasteiger partial charge in [-0.2, -0.15) is 0 Å². The summed E-state index contributed by atoms with van der Waals surface area (Å²) in [5.41, 5.74) is 1.38. The molecule has 0 saturated heterocycles. The van der Waals surface area contributed by atoms with E-state index in [0.717, 1.165) is 24.3 Å². The van der Waals surface area contributed by atoms with Crippen molar-refractivity contribution in [3.8, 4) is 5.75 Å². The quantitative estimate of drug-likeness (QED) is 0.404. The summed E-state index contributed by atoms with van der Waals surface area (Å²) in [5.74, 6) is 0.706. The van der Waals surface area contributed by atoms with Crippen LogP contribution in [-0.4, -0.2) is 12.4 Å². The van der Waals surface area contributed by atoms with Gasteiger partial charge in [-0.1, -0.05) is 37.1 Å². The highest BCUT2D eigenvalue weighted by molar-refractivity contribution is 6.33. The number of anilines is 1. The normalized spacial score (nSPS) is 10.7. The molecule has 0 aliphatic rings. The number of hydrogen-bond donors (Lipinski definition) is 1. The molecule has 0 bridgehead atoms. The lowest BCUT2D eigenvalue weighted by Gasteiger charge is -2.05. The van der Waals surface area contributed by atoms with Crippen LogP contribution >= 0.6 is 11.6 Å². The molecule has 0 saturated carbocycles. The van der Waals surface area contributed by atoms with Gasteiger partial charge in [0, 0.05) is 17.8 Å². The van der Waals surface area contributed by atoms with Crippen LogP contribution in [0, 0.1) is 0 Å². The fraction of sp³-hybridized carbons (Fsp3) is 0.211. The molecule has 0 heterocycles. The zero-order valence-corrected chi connectivity index (χ0v) is 13.8. The molecule has 0 radical (unpaired) electrons. The van der Waals surface area contributed by atoms with E-state index < -0.39 is 0 Å². The third-order valence-electron chi connectivity index (χ3n) is 3.25. The van der Waals surface area contributed by atoms with Crippen LogP contribution in [0.15, 0.2) is 60.8 Å². The number of ether oxygens (including phenoxy) is 1. The van der Waals surface area contributed by atoms with E-state index >= 15 is 0 Å². The van der Waals surface area contributed by atoms with Crippen molar-refractivity contribution in [3.05, 3.63) is 71.4 Å². The fourth-order valence-electron chi connectivity index (χ4n) is 1.93. The van der Waals surface area contributed by atoms with Gasteiger partial charge in [0.05, 0.1) is 17.3 Å². The van der Waals surface area contributed by atoms with Crippen molar-refractivity contribution in [2.75, 3.05) is 11.9 Å². The standard InChI is InChI=1S/C19H20ClNO2/c1-2-3-14-23-16-10-8-15(9-11-16)19(22)12-13-21-18-7-5-4-6-17(18)20/h4-13,21H,2-3,14H2,1H3. The molecule has 0 atom stereocenters. The molecule has 3 nitrogen and oxygen atoms in total. The highest BCUT2D eigenvalue weighted by Gasteiger charge is 2.02. The minimum atomic E-state index is -0.0790. The lowest BCUT2D eigenvalue weighted by Crippen LogP contribution is -1.99. The summed E-state index contributed by atoms with van der Waals surface area (Å²) in [6.07, 6.45) is 5.20. The number of ketones is 1. The van der Waals surface area contributed by atoms with Gasteiger partial charge >= 0.3 is 0 Å². The van der Waals surface area contributed by atoms with Crippen molar-refractivity contribution in [2.24, 2.45) is 0 Å². The Morgan fingerprint density at radius 2 is 1.91 bits per heavy atom. The van der Waals surface area contributed by atoms with Crippen LogP contribution < -0.4 is 10.1 Å². The van der Waals surface area contributed by atoms with Crippen LogP contribution in [0.4, 0.5) is 5.69 Å². The van der Waals surface area contributed by atoms with Crippen molar-refractivity contribution in [1.82, 2.24) is 0 Å². The number of nitrogens with one attached hydrogen (secondary N) is 1. The SMILES string of the molecule is CCCCOc1ccc(C(=O)C=CNc2ccccc2Cl)cc1. The summed E-state index contributed by atoms with van der Waals surface area (Å²) in [7, 11) is 0. The maximum absolute atomic E-state index is 12.1. The Kier molecular flexibility index (Phi) is 6.70. The Bertz CT molecular complexity index is 665. The molecule has 2 aromatic carbocycles. The fourth-order valence-corrected chi connectivity index (χ4v) is 2.12. The molecule has 23 heavy (non-hydrogen) atoms. The maximum Gasteiger partial charge on any atom is 0.187 e. The van der Waals surface area contributed by atoms with Gasteiger partial charge in [-0.15, -0.1) is 0 Å². The number of carbonyl (C=O) groups is 1. The van der Waals surface area contributed by atoms with Gasteiger partial charge in [0.25, 0.3) is 0 Å². The second-order valence-corrected chi connectivity index (χ2v) is 5.46. The third-order valence-corrected chi connectivity index (χ3v) is 3.58. The van der Waals surface area contributed by atoms with Crippen molar-refractivity contribution in [2.45, 2.75) is 19.8 Å². The number of carbonyl (C=O) groups excluding carboxylic acids is 1. The molecule has 0 aromatic heterocycles. The van der Waals surface area contributed by atoms with E-state index in [0.29, 0.717) is 17.2 Å². The molecule has 0 aliphatic carbocycles. The van der Waals surface area contributed by atoms with Gasteiger partial charge in [-0.05, 0) is 42.8 Å². The molecule has 0 aliphatic heterocycles. The average Bonchev–Trinajstić information content (AvgIpc) is 2.57.